The van der Waals surface area contributed by atoms with Crippen LogP contribution in [-0.2, 0) is 17.9 Å². The summed E-state index contributed by atoms with van der Waals surface area (Å²) < 4.78 is 2.21. The van der Waals surface area contributed by atoms with Crippen LogP contribution in [0.2, 0.25) is 4.34 Å². The van der Waals surface area contributed by atoms with Gasteiger partial charge in [0.25, 0.3) is 5.56 Å². The van der Waals surface area contributed by atoms with Crippen LogP contribution in [0.25, 0.3) is 10.9 Å². The van der Waals surface area contributed by atoms with E-state index in [0.29, 0.717) is 34.9 Å². The van der Waals surface area contributed by atoms with Crippen LogP contribution in [0.3, 0.4) is 0 Å². The van der Waals surface area contributed by atoms with Crippen molar-refractivity contribution in [1.82, 2.24) is 14.5 Å². The van der Waals surface area contributed by atoms with Crippen molar-refractivity contribution in [2.24, 2.45) is 0 Å². The molecule has 7 heteroatoms. The molecule has 0 aliphatic rings. The lowest BCUT2D eigenvalue weighted by Crippen LogP contribution is -2.32. The number of benzene rings is 1. The highest BCUT2D eigenvalue weighted by molar-refractivity contribution is 7.16. The van der Waals surface area contributed by atoms with E-state index in [2.05, 4.69) is 4.98 Å². The quantitative estimate of drug-likeness (QED) is 0.662. The normalized spacial score (nSPS) is 11.0. The largest absolute Gasteiger partial charge is 0.338 e. The Balaban J connectivity index is 1.68. The molecule has 2 aromatic heterocycles. The summed E-state index contributed by atoms with van der Waals surface area (Å²) in [5.74, 6) is 0.00656. The summed E-state index contributed by atoms with van der Waals surface area (Å²) in [5, 5.41) is 0.568. The summed E-state index contributed by atoms with van der Waals surface area (Å²) in [4.78, 5) is 32.0. The van der Waals surface area contributed by atoms with Gasteiger partial charge >= 0.3 is 0 Å². The third-order valence-electron chi connectivity index (χ3n) is 4.01. The van der Waals surface area contributed by atoms with Gasteiger partial charge in [-0.15, -0.1) is 11.3 Å². The Morgan fingerprint density at radius 2 is 2.08 bits per heavy atom. The Bertz CT molecular complexity index is 951. The molecule has 0 aliphatic carbocycles. The highest BCUT2D eigenvalue weighted by Crippen LogP contribution is 2.22. The Hall–Kier alpha value is -2.18. The second-order valence-electron chi connectivity index (χ2n) is 5.62. The number of para-hydroxylation sites is 1. The Kier molecular flexibility index (Phi) is 5.50. The van der Waals surface area contributed by atoms with E-state index in [1.807, 2.05) is 31.2 Å². The minimum absolute atomic E-state index is 0.00656. The molecule has 0 bridgehead atoms. The molecule has 0 saturated heterocycles. The fraction of sp³-hybridized carbons (Fsp3) is 0.278. The average molecular weight is 376 g/mol. The number of nitrogens with zero attached hydrogens (tertiary/aromatic N) is 3. The molecule has 2 heterocycles. The first-order valence-electron chi connectivity index (χ1n) is 8.04. The zero-order valence-electron chi connectivity index (χ0n) is 13.8. The SMILES string of the molecule is CCN(Cc1ccc(Cl)s1)C(=O)CCn1cnc2ccccc2c1=O. The van der Waals surface area contributed by atoms with E-state index in [1.54, 1.807) is 17.0 Å². The first-order chi connectivity index (χ1) is 12.1. The second kappa shape index (κ2) is 7.80. The average Bonchev–Trinajstić information content (AvgIpc) is 3.04. The van der Waals surface area contributed by atoms with Crippen LogP contribution in [0.15, 0.2) is 47.5 Å². The smallest absolute Gasteiger partial charge is 0.261 e. The number of fused-ring (bicyclic) bond motifs is 1. The van der Waals surface area contributed by atoms with Crippen molar-refractivity contribution in [2.75, 3.05) is 6.54 Å². The molecule has 0 aliphatic heterocycles. The number of rotatable bonds is 6. The van der Waals surface area contributed by atoms with Gasteiger partial charge in [0, 0.05) is 24.4 Å². The van der Waals surface area contributed by atoms with Crippen LogP contribution in [0.5, 0.6) is 0 Å². The van der Waals surface area contributed by atoms with Gasteiger partial charge in [-0.2, -0.15) is 0 Å². The van der Waals surface area contributed by atoms with Crippen LogP contribution in [-0.4, -0.2) is 26.9 Å². The van der Waals surface area contributed by atoms with Gasteiger partial charge in [-0.05, 0) is 31.2 Å². The van der Waals surface area contributed by atoms with Gasteiger partial charge in [0.1, 0.15) is 0 Å². The molecule has 3 aromatic rings. The molecule has 1 amide bonds. The zero-order valence-corrected chi connectivity index (χ0v) is 15.4. The maximum atomic E-state index is 12.5. The topological polar surface area (TPSA) is 55.2 Å². The lowest BCUT2D eigenvalue weighted by Gasteiger charge is -2.20. The van der Waals surface area contributed by atoms with Gasteiger partial charge in [-0.3, -0.25) is 14.2 Å². The fourth-order valence-electron chi connectivity index (χ4n) is 2.64. The number of carbonyl (C=O) groups is 1. The molecular formula is C18H18ClN3O2S. The third-order valence-corrected chi connectivity index (χ3v) is 5.22. The molecule has 0 atom stereocenters. The molecule has 1 aromatic carbocycles. The van der Waals surface area contributed by atoms with E-state index >= 15 is 0 Å². The van der Waals surface area contributed by atoms with Crippen LogP contribution in [0.4, 0.5) is 0 Å². The van der Waals surface area contributed by atoms with Gasteiger partial charge in [0.15, 0.2) is 0 Å². The number of aryl methyl sites for hydroxylation is 1. The van der Waals surface area contributed by atoms with E-state index in [0.717, 1.165) is 4.88 Å². The molecule has 0 fully saturated rings. The molecule has 0 saturated carbocycles. The molecule has 0 N–H and O–H groups in total. The summed E-state index contributed by atoms with van der Waals surface area (Å²) in [6, 6.07) is 11.0. The number of aromatic nitrogens is 2. The number of amides is 1. The van der Waals surface area contributed by atoms with Crippen LogP contribution in [0.1, 0.15) is 18.2 Å². The van der Waals surface area contributed by atoms with Gasteiger partial charge < -0.3 is 4.90 Å². The first kappa shape index (κ1) is 17.6. The van der Waals surface area contributed by atoms with Crippen molar-refractivity contribution >= 4 is 39.7 Å². The lowest BCUT2D eigenvalue weighted by molar-refractivity contribution is -0.131. The molecule has 25 heavy (non-hydrogen) atoms. The van der Waals surface area contributed by atoms with Crippen LogP contribution >= 0.6 is 22.9 Å². The van der Waals surface area contributed by atoms with E-state index in [-0.39, 0.29) is 17.9 Å². The Morgan fingerprint density at radius 3 is 2.80 bits per heavy atom. The maximum Gasteiger partial charge on any atom is 0.261 e. The minimum Gasteiger partial charge on any atom is -0.338 e. The van der Waals surface area contributed by atoms with Crippen LogP contribution in [0, 0.1) is 0 Å². The van der Waals surface area contributed by atoms with Crippen molar-refractivity contribution < 1.29 is 4.79 Å². The second-order valence-corrected chi connectivity index (χ2v) is 7.42. The maximum absolute atomic E-state index is 12.5. The summed E-state index contributed by atoms with van der Waals surface area (Å²) in [7, 11) is 0. The van der Waals surface area contributed by atoms with Crippen molar-refractivity contribution in [3.8, 4) is 0 Å². The van der Waals surface area contributed by atoms with E-state index in [9.17, 15) is 9.59 Å². The van der Waals surface area contributed by atoms with E-state index in [1.165, 1.54) is 22.2 Å². The fourth-order valence-corrected chi connectivity index (χ4v) is 3.74. The summed E-state index contributed by atoms with van der Waals surface area (Å²) in [5.41, 5.74) is 0.548. The van der Waals surface area contributed by atoms with E-state index in [4.69, 9.17) is 11.6 Å². The number of hydrogen-bond acceptors (Lipinski definition) is 4. The highest BCUT2D eigenvalue weighted by atomic mass is 35.5. The number of carbonyl (C=O) groups excluding carboxylic acids is 1. The highest BCUT2D eigenvalue weighted by Gasteiger charge is 2.14. The molecule has 0 spiro atoms. The third kappa shape index (κ3) is 4.08. The summed E-state index contributed by atoms with van der Waals surface area (Å²) >= 11 is 7.42. The van der Waals surface area contributed by atoms with Crippen molar-refractivity contribution in [3.05, 3.63) is 62.3 Å². The van der Waals surface area contributed by atoms with Gasteiger partial charge in [0.05, 0.1) is 28.1 Å². The predicted octanol–water partition coefficient (Wildman–Crippen LogP) is 3.55. The van der Waals surface area contributed by atoms with Crippen molar-refractivity contribution in [1.29, 1.82) is 0 Å². The molecule has 130 valence electrons. The van der Waals surface area contributed by atoms with Crippen molar-refractivity contribution in [3.63, 3.8) is 0 Å². The van der Waals surface area contributed by atoms with Crippen molar-refractivity contribution in [2.45, 2.75) is 26.4 Å². The van der Waals surface area contributed by atoms with Crippen LogP contribution < -0.4 is 5.56 Å². The van der Waals surface area contributed by atoms with E-state index < -0.39 is 0 Å². The zero-order chi connectivity index (χ0) is 17.8. The van der Waals surface area contributed by atoms with Gasteiger partial charge in [-0.1, -0.05) is 23.7 Å². The summed E-state index contributed by atoms with van der Waals surface area (Å²) in [6.07, 6.45) is 1.76. The molecule has 0 radical (unpaired) electrons. The number of halogens is 1. The van der Waals surface area contributed by atoms with Gasteiger partial charge in [0.2, 0.25) is 5.91 Å². The molecule has 0 unspecified atom stereocenters. The molecule has 3 rings (SSSR count). The Morgan fingerprint density at radius 1 is 1.28 bits per heavy atom. The molecular weight excluding hydrogens is 358 g/mol. The molecule has 5 nitrogen and oxygen atoms in total. The Labute approximate surface area is 154 Å². The standard InChI is InChI=1S/C18H18ClN3O2S/c1-2-21(11-13-7-8-16(19)25-13)17(23)9-10-22-12-20-15-6-4-3-5-14(15)18(22)24/h3-8,12H,2,9-11H2,1H3. The predicted molar refractivity (Wildman–Crippen MR) is 101 cm³/mol. The first-order valence-corrected chi connectivity index (χ1v) is 9.24. The number of thiophene rings is 1. The summed E-state index contributed by atoms with van der Waals surface area (Å²) in [6.45, 7) is 3.41. The lowest BCUT2D eigenvalue weighted by atomic mass is 10.2. The minimum atomic E-state index is -0.119. The monoisotopic (exact) mass is 375 g/mol. The number of hydrogen-bond donors (Lipinski definition) is 0. The van der Waals surface area contributed by atoms with Gasteiger partial charge in [-0.25, -0.2) is 4.98 Å².